The first-order chi connectivity index (χ1) is 8.13. The van der Waals surface area contributed by atoms with Crippen LogP contribution < -0.4 is 10.5 Å². The van der Waals surface area contributed by atoms with Gasteiger partial charge in [0, 0.05) is 30.4 Å². The second-order valence-corrected chi connectivity index (χ2v) is 5.06. The molecule has 0 fully saturated rings. The molecule has 0 aliphatic rings. The summed E-state index contributed by atoms with van der Waals surface area (Å²) in [5.74, 6) is 0. The van der Waals surface area contributed by atoms with Gasteiger partial charge in [-0.05, 0) is 0 Å². The monoisotopic (exact) mass is 256 g/mol. The van der Waals surface area contributed by atoms with Crippen molar-refractivity contribution < 1.29 is 8.42 Å². The third-order valence-corrected chi connectivity index (χ3v) is 3.60. The second-order valence-electron chi connectivity index (χ2n) is 3.36. The summed E-state index contributed by atoms with van der Waals surface area (Å²) >= 11 is 0. The van der Waals surface area contributed by atoms with E-state index in [1.54, 1.807) is 12.4 Å². The molecule has 5 N–H and O–H groups in total. The van der Waals surface area contributed by atoms with Crippen molar-refractivity contribution in [3.05, 3.63) is 29.7 Å². The predicted octanol–water partition coefficient (Wildman–Crippen LogP) is -0.930. The lowest BCUT2D eigenvalue weighted by molar-refractivity contribution is 0.575. The summed E-state index contributed by atoms with van der Waals surface area (Å²) in [6.07, 6.45) is 4.55. The quantitative estimate of drug-likeness (QED) is 0.549. The molecule has 0 unspecified atom stereocenters. The Hall–Kier alpha value is -1.71. The van der Waals surface area contributed by atoms with Gasteiger partial charge in [0.25, 0.3) is 10.0 Å². The Morgan fingerprint density at radius 2 is 2.18 bits per heavy atom. The van der Waals surface area contributed by atoms with Crippen LogP contribution in [0.4, 0.5) is 0 Å². The smallest absolute Gasteiger partial charge is 0.258 e. The summed E-state index contributed by atoms with van der Waals surface area (Å²) < 4.78 is 26.2. The summed E-state index contributed by atoms with van der Waals surface area (Å²) in [5, 5.41) is 12.4. The van der Waals surface area contributed by atoms with Gasteiger partial charge in [-0.15, -0.1) is 0 Å². The van der Waals surface area contributed by atoms with Gasteiger partial charge in [-0.2, -0.15) is 10.2 Å². The van der Waals surface area contributed by atoms with Crippen LogP contribution in [0.15, 0.2) is 23.6 Å². The summed E-state index contributed by atoms with van der Waals surface area (Å²) in [5.41, 5.74) is 6.60. The van der Waals surface area contributed by atoms with E-state index in [0.717, 1.165) is 5.56 Å². The number of nitrogens with zero attached hydrogens (tertiary/aromatic N) is 2. The fourth-order valence-electron chi connectivity index (χ4n) is 1.30. The highest BCUT2D eigenvalue weighted by Crippen LogP contribution is 2.11. The molecule has 0 bridgehead atoms. The van der Waals surface area contributed by atoms with Crippen LogP contribution in [0, 0.1) is 0 Å². The van der Waals surface area contributed by atoms with Gasteiger partial charge in [-0.1, -0.05) is 0 Å². The minimum absolute atomic E-state index is 0.00324. The molecule has 0 amide bonds. The van der Waals surface area contributed by atoms with E-state index in [2.05, 4.69) is 25.1 Å². The normalized spacial score (nSPS) is 11.8. The second kappa shape index (κ2) is 4.65. The molecule has 0 spiro atoms. The number of sulfonamides is 1. The fraction of sp³-hybridized carbons (Fsp3) is 0.250. The number of nitrogens with one attached hydrogen (secondary N) is 3. The molecule has 2 aromatic heterocycles. The highest BCUT2D eigenvalue weighted by molar-refractivity contribution is 7.89. The zero-order valence-electron chi connectivity index (χ0n) is 8.84. The van der Waals surface area contributed by atoms with E-state index in [1.165, 1.54) is 6.20 Å². The first-order valence-electron chi connectivity index (χ1n) is 4.83. The minimum Gasteiger partial charge on any atom is -0.326 e. The van der Waals surface area contributed by atoms with Crippen LogP contribution in [-0.4, -0.2) is 28.8 Å². The third kappa shape index (κ3) is 2.52. The van der Waals surface area contributed by atoms with Gasteiger partial charge < -0.3 is 5.73 Å². The molecule has 0 saturated carbocycles. The molecule has 0 radical (unpaired) electrons. The zero-order chi connectivity index (χ0) is 12.3. The van der Waals surface area contributed by atoms with Crippen LogP contribution in [0.5, 0.6) is 0 Å². The van der Waals surface area contributed by atoms with Gasteiger partial charge >= 0.3 is 0 Å². The van der Waals surface area contributed by atoms with Gasteiger partial charge in [0.05, 0.1) is 12.4 Å². The summed E-state index contributed by atoms with van der Waals surface area (Å²) in [7, 11) is -3.63. The Labute approximate surface area is 97.7 Å². The van der Waals surface area contributed by atoms with Crippen molar-refractivity contribution in [3.8, 4) is 0 Å². The largest absolute Gasteiger partial charge is 0.326 e. The lowest BCUT2D eigenvalue weighted by atomic mass is 10.4. The van der Waals surface area contributed by atoms with E-state index >= 15 is 0 Å². The van der Waals surface area contributed by atoms with Crippen LogP contribution in [0.25, 0.3) is 0 Å². The Bertz CT molecular complexity index is 573. The average molecular weight is 256 g/mol. The zero-order valence-corrected chi connectivity index (χ0v) is 9.66. The number of hydrogen-bond acceptors (Lipinski definition) is 5. The number of H-pyrrole nitrogens is 2. The maximum absolute atomic E-state index is 11.9. The molecular formula is C8H12N6O2S. The Balaban J connectivity index is 2.14. The van der Waals surface area contributed by atoms with Gasteiger partial charge in [0.15, 0.2) is 5.03 Å². The number of hydrogen-bond donors (Lipinski definition) is 4. The molecule has 8 nitrogen and oxygen atoms in total. The van der Waals surface area contributed by atoms with Crippen molar-refractivity contribution >= 4 is 10.0 Å². The maximum Gasteiger partial charge on any atom is 0.258 e. The van der Waals surface area contributed by atoms with Crippen LogP contribution in [0.3, 0.4) is 0 Å². The Kier molecular flexibility index (Phi) is 3.22. The first-order valence-corrected chi connectivity index (χ1v) is 6.31. The van der Waals surface area contributed by atoms with E-state index in [9.17, 15) is 8.42 Å². The highest BCUT2D eigenvalue weighted by Gasteiger charge is 2.19. The van der Waals surface area contributed by atoms with Crippen molar-refractivity contribution in [2.75, 3.05) is 0 Å². The molecule has 2 heterocycles. The van der Waals surface area contributed by atoms with Gasteiger partial charge in [-0.3, -0.25) is 10.2 Å². The fourth-order valence-corrected chi connectivity index (χ4v) is 2.46. The molecule has 0 aliphatic heterocycles. The van der Waals surface area contributed by atoms with Crippen molar-refractivity contribution in [1.29, 1.82) is 0 Å². The Morgan fingerprint density at radius 1 is 1.35 bits per heavy atom. The van der Waals surface area contributed by atoms with E-state index < -0.39 is 10.0 Å². The SMILES string of the molecule is NCc1cn[nH]c1S(=O)(=O)NCc1cn[nH]c1. The molecule has 0 atom stereocenters. The minimum atomic E-state index is -3.63. The van der Waals surface area contributed by atoms with Crippen LogP contribution >= 0.6 is 0 Å². The highest BCUT2D eigenvalue weighted by atomic mass is 32.2. The molecule has 17 heavy (non-hydrogen) atoms. The summed E-state index contributed by atoms with van der Waals surface area (Å²) in [6.45, 7) is 0.264. The average Bonchev–Trinajstić information content (AvgIpc) is 2.97. The van der Waals surface area contributed by atoms with Gasteiger partial charge in [0.2, 0.25) is 0 Å². The molecule has 0 aliphatic carbocycles. The lowest BCUT2D eigenvalue weighted by Gasteiger charge is -2.04. The summed E-state index contributed by atoms with van der Waals surface area (Å²) in [6, 6.07) is 0. The van der Waals surface area contributed by atoms with E-state index in [1.807, 2.05) is 0 Å². The standard InChI is InChI=1S/C8H12N6O2S/c9-1-7-5-12-14-8(7)17(15,16)13-4-6-2-10-11-3-6/h2-3,5,13H,1,4,9H2,(H,10,11)(H,12,14). The molecule has 92 valence electrons. The molecule has 0 saturated heterocycles. The summed E-state index contributed by atoms with van der Waals surface area (Å²) in [4.78, 5) is 0. The first kappa shape index (κ1) is 11.8. The number of aromatic amines is 2. The van der Waals surface area contributed by atoms with E-state index in [-0.39, 0.29) is 18.1 Å². The lowest BCUT2D eigenvalue weighted by Crippen LogP contribution is -2.24. The molecule has 2 rings (SSSR count). The number of nitrogens with two attached hydrogens (primary N) is 1. The number of rotatable bonds is 5. The van der Waals surface area contributed by atoms with Crippen LogP contribution in [0.1, 0.15) is 11.1 Å². The van der Waals surface area contributed by atoms with Gasteiger partial charge in [-0.25, -0.2) is 13.1 Å². The maximum atomic E-state index is 11.9. The Morgan fingerprint density at radius 3 is 2.82 bits per heavy atom. The topological polar surface area (TPSA) is 130 Å². The molecule has 0 aromatic carbocycles. The van der Waals surface area contributed by atoms with E-state index in [4.69, 9.17) is 5.73 Å². The van der Waals surface area contributed by atoms with Crippen LogP contribution in [-0.2, 0) is 23.1 Å². The van der Waals surface area contributed by atoms with Gasteiger partial charge in [0.1, 0.15) is 0 Å². The molecule has 2 aromatic rings. The van der Waals surface area contributed by atoms with Crippen molar-refractivity contribution in [2.24, 2.45) is 5.73 Å². The van der Waals surface area contributed by atoms with Crippen molar-refractivity contribution in [1.82, 2.24) is 25.1 Å². The molecular weight excluding hydrogens is 244 g/mol. The van der Waals surface area contributed by atoms with Crippen molar-refractivity contribution in [3.63, 3.8) is 0 Å². The predicted molar refractivity (Wildman–Crippen MR) is 59.1 cm³/mol. The third-order valence-electron chi connectivity index (χ3n) is 2.19. The van der Waals surface area contributed by atoms with Crippen LogP contribution in [0.2, 0.25) is 0 Å². The number of aromatic nitrogens is 4. The van der Waals surface area contributed by atoms with Crippen molar-refractivity contribution in [2.45, 2.75) is 18.1 Å². The van der Waals surface area contributed by atoms with E-state index in [0.29, 0.717) is 5.56 Å². The molecule has 9 heteroatoms.